The van der Waals surface area contributed by atoms with E-state index in [2.05, 4.69) is 4.98 Å². The molecule has 1 N–H and O–H groups in total. The molecule has 1 atom stereocenters. The molecule has 1 aromatic rings. The minimum atomic E-state index is -4.43. The van der Waals surface area contributed by atoms with E-state index in [0.717, 1.165) is 24.0 Å². The number of carboxylic acids is 1. The topological polar surface area (TPSA) is 59.4 Å². The molecule has 0 saturated heterocycles. The number of nitrogens with zero attached hydrogens (tertiary/aromatic N) is 1. The Morgan fingerprint density at radius 3 is 2.63 bits per heavy atom. The minimum absolute atomic E-state index is 0.0849. The minimum Gasteiger partial charge on any atom is -0.479 e. The highest BCUT2D eigenvalue weighted by atomic mass is 32.2. The van der Waals surface area contributed by atoms with Gasteiger partial charge >= 0.3 is 12.1 Å². The van der Waals surface area contributed by atoms with Crippen LogP contribution in [0.4, 0.5) is 13.2 Å². The van der Waals surface area contributed by atoms with Crippen molar-refractivity contribution >= 4 is 17.7 Å². The monoisotopic (exact) mass is 295 g/mol. The molecular formula is C11H12F3NO3S. The van der Waals surface area contributed by atoms with Gasteiger partial charge in [0.2, 0.25) is 0 Å². The van der Waals surface area contributed by atoms with Gasteiger partial charge in [-0.15, -0.1) is 11.8 Å². The first-order chi connectivity index (χ1) is 8.84. The summed E-state index contributed by atoms with van der Waals surface area (Å²) in [5.41, 5.74) is -0.837. The maximum absolute atomic E-state index is 12.3. The summed E-state index contributed by atoms with van der Waals surface area (Å²) in [7, 11) is 0. The fourth-order valence-electron chi connectivity index (χ4n) is 1.19. The Labute approximate surface area is 112 Å². The molecule has 0 radical (unpaired) electrons. The van der Waals surface area contributed by atoms with Crippen LogP contribution in [0.25, 0.3) is 0 Å². The summed E-state index contributed by atoms with van der Waals surface area (Å²) in [6.45, 7) is 1.91. The van der Waals surface area contributed by atoms with Gasteiger partial charge in [0.1, 0.15) is 0 Å². The molecule has 1 rings (SSSR count). The number of rotatable bonds is 6. The molecule has 106 valence electrons. The number of aliphatic carboxylic acids is 1. The molecule has 8 heteroatoms. The summed E-state index contributed by atoms with van der Waals surface area (Å²) in [5.74, 6) is -1.03. The number of halogens is 3. The summed E-state index contributed by atoms with van der Waals surface area (Å²) in [4.78, 5) is 14.4. The van der Waals surface area contributed by atoms with E-state index in [1.165, 1.54) is 6.07 Å². The summed E-state index contributed by atoms with van der Waals surface area (Å²) >= 11 is 1.03. The lowest BCUT2D eigenvalue weighted by atomic mass is 10.3. The number of thioether (sulfide) groups is 1. The van der Waals surface area contributed by atoms with Crippen LogP contribution < -0.4 is 0 Å². The van der Waals surface area contributed by atoms with Gasteiger partial charge in [0.25, 0.3) is 0 Å². The third-order valence-electron chi connectivity index (χ3n) is 2.09. The zero-order valence-corrected chi connectivity index (χ0v) is 10.8. The summed E-state index contributed by atoms with van der Waals surface area (Å²) < 4.78 is 41.9. The van der Waals surface area contributed by atoms with Gasteiger partial charge in [0.15, 0.2) is 6.10 Å². The van der Waals surface area contributed by atoms with E-state index >= 15 is 0 Å². The molecule has 0 spiro atoms. The maximum Gasteiger partial charge on any atom is 0.417 e. The van der Waals surface area contributed by atoms with Crippen molar-refractivity contribution in [3.05, 3.63) is 23.9 Å². The van der Waals surface area contributed by atoms with E-state index in [0.29, 0.717) is 5.03 Å². The molecule has 4 nitrogen and oxygen atoms in total. The highest BCUT2D eigenvalue weighted by Gasteiger charge is 2.30. The van der Waals surface area contributed by atoms with Gasteiger partial charge in [-0.05, 0) is 19.1 Å². The number of carbonyl (C=O) groups is 1. The Morgan fingerprint density at radius 1 is 1.53 bits per heavy atom. The van der Waals surface area contributed by atoms with E-state index in [1.54, 1.807) is 6.92 Å². The smallest absolute Gasteiger partial charge is 0.417 e. The van der Waals surface area contributed by atoms with Crippen LogP contribution in [0, 0.1) is 0 Å². The number of pyridine rings is 1. The Kier molecular flexibility index (Phi) is 5.61. The number of hydrogen-bond donors (Lipinski definition) is 1. The van der Waals surface area contributed by atoms with Crippen LogP contribution in [0.1, 0.15) is 12.5 Å². The van der Waals surface area contributed by atoms with Crippen molar-refractivity contribution in [1.29, 1.82) is 0 Å². The van der Waals surface area contributed by atoms with E-state index in [4.69, 9.17) is 9.84 Å². The lowest BCUT2D eigenvalue weighted by molar-refractivity contribution is -0.148. The van der Waals surface area contributed by atoms with Crippen LogP contribution in [0.3, 0.4) is 0 Å². The summed E-state index contributed by atoms with van der Waals surface area (Å²) in [5, 5.41) is 9.14. The standard InChI is InChI=1S/C11H12F3NO3S/c1-2-18-8(10(16)17)6-19-9-4-3-7(5-15-9)11(12,13)14/h3-5,8H,2,6H2,1H3,(H,16,17). The second-order valence-electron chi connectivity index (χ2n) is 3.48. The van der Waals surface area contributed by atoms with Crippen molar-refractivity contribution in [3.63, 3.8) is 0 Å². The molecule has 0 bridgehead atoms. The SMILES string of the molecule is CCOC(CSc1ccc(C(F)(F)F)cn1)C(=O)O. The first-order valence-corrected chi connectivity index (χ1v) is 6.33. The Morgan fingerprint density at radius 2 is 2.21 bits per heavy atom. The second-order valence-corrected chi connectivity index (χ2v) is 4.52. The third-order valence-corrected chi connectivity index (χ3v) is 3.10. The fourth-order valence-corrected chi connectivity index (χ4v) is 2.04. The van der Waals surface area contributed by atoms with E-state index < -0.39 is 23.8 Å². The number of hydrogen-bond acceptors (Lipinski definition) is 4. The molecule has 1 aromatic heterocycles. The molecular weight excluding hydrogens is 283 g/mol. The van der Waals surface area contributed by atoms with Crippen LogP contribution in [0.2, 0.25) is 0 Å². The highest BCUT2D eigenvalue weighted by Crippen LogP contribution is 2.29. The molecule has 0 fully saturated rings. The second kappa shape index (κ2) is 6.76. The first-order valence-electron chi connectivity index (χ1n) is 5.35. The van der Waals surface area contributed by atoms with Crippen LogP contribution in [-0.2, 0) is 15.7 Å². The van der Waals surface area contributed by atoms with Crippen LogP contribution in [0.15, 0.2) is 23.4 Å². The van der Waals surface area contributed by atoms with Gasteiger partial charge in [-0.1, -0.05) is 0 Å². The predicted molar refractivity (Wildman–Crippen MR) is 63.0 cm³/mol. The molecule has 1 unspecified atom stereocenters. The zero-order valence-electron chi connectivity index (χ0n) is 9.98. The molecule has 19 heavy (non-hydrogen) atoms. The summed E-state index contributed by atoms with van der Waals surface area (Å²) in [6, 6.07) is 2.12. The quantitative estimate of drug-likeness (QED) is 0.818. The zero-order chi connectivity index (χ0) is 14.5. The number of ether oxygens (including phenoxy) is 1. The van der Waals surface area contributed by atoms with Crippen molar-refractivity contribution in [1.82, 2.24) is 4.98 Å². The maximum atomic E-state index is 12.3. The Bertz CT molecular complexity index is 422. The van der Waals surface area contributed by atoms with Crippen LogP contribution >= 0.6 is 11.8 Å². The van der Waals surface area contributed by atoms with Crippen LogP contribution in [0.5, 0.6) is 0 Å². The van der Waals surface area contributed by atoms with Crippen molar-refractivity contribution in [2.75, 3.05) is 12.4 Å². The van der Waals surface area contributed by atoms with Gasteiger partial charge in [0.05, 0.1) is 10.6 Å². The van der Waals surface area contributed by atoms with Crippen molar-refractivity contribution in [2.45, 2.75) is 24.2 Å². The molecule has 0 saturated carbocycles. The van der Waals surface area contributed by atoms with Gasteiger partial charge in [-0.3, -0.25) is 0 Å². The highest BCUT2D eigenvalue weighted by molar-refractivity contribution is 7.99. The van der Waals surface area contributed by atoms with Crippen molar-refractivity contribution in [3.8, 4) is 0 Å². The average molecular weight is 295 g/mol. The molecule has 1 heterocycles. The predicted octanol–water partition coefficient (Wildman–Crippen LogP) is 2.68. The van der Waals surface area contributed by atoms with E-state index in [9.17, 15) is 18.0 Å². The average Bonchev–Trinajstić information content (AvgIpc) is 2.33. The molecule has 0 aromatic carbocycles. The number of alkyl halides is 3. The summed E-state index contributed by atoms with van der Waals surface area (Å²) in [6.07, 6.45) is -4.71. The fraction of sp³-hybridized carbons (Fsp3) is 0.455. The van der Waals surface area contributed by atoms with Gasteiger partial charge in [-0.2, -0.15) is 13.2 Å². The van der Waals surface area contributed by atoms with Crippen LogP contribution in [-0.4, -0.2) is 34.5 Å². The lowest BCUT2D eigenvalue weighted by Crippen LogP contribution is -2.26. The normalized spacial score (nSPS) is 13.3. The number of carboxylic acid groups (broad SMARTS) is 1. The van der Waals surface area contributed by atoms with Gasteiger partial charge in [0, 0.05) is 18.6 Å². The largest absolute Gasteiger partial charge is 0.479 e. The molecule has 0 aliphatic rings. The first kappa shape index (κ1) is 15.8. The Balaban J connectivity index is 2.61. The molecule has 0 amide bonds. The molecule has 0 aliphatic carbocycles. The molecule has 0 aliphatic heterocycles. The third kappa shape index (κ3) is 5.07. The van der Waals surface area contributed by atoms with Gasteiger partial charge in [-0.25, -0.2) is 9.78 Å². The van der Waals surface area contributed by atoms with Crippen molar-refractivity contribution < 1.29 is 27.8 Å². The Hall–Kier alpha value is -1.28. The lowest BCUT2D eigenvalue weighted by Gasteiger charge is -2.11. The number of aromatic nitrogens is 1. The van der Waals surface area contributed by atoms with Gasteiger partial charge < -0.3 is 9.84 Å². The van der Waals surface area contributed by atoms with Crippen molar-refractivity contribution in [2.24, 2.45) is 0 Å². The van der Waals surface area contributed by atoms with E-state index in [1.807, 2.05) is 0 Å². The van der Waals surface area contributed by atoms with E-state index in [-0.39, 0.29) is 12.4 Å².